The van der Waals surface area contributed by atoms with Crippen LogP contribution in [0.2, 0.25) is 0 Å². The quantitative estimate of drug-likeness (QED) is 0.301. The highest BCUT2D eigenvalue weighted by atomic mass is 79.9. The van der Waals surface area contributed by atoms with Crippen molar-refractivity contribution >= 4 is 32.0 Å². The number of rotatable bonds is 2. The lowest BCUT2D eigenvalue weighted by molar-refractivity contribution is -0.142. The van der Waals surface area contributed by atoms with E-state index < -0.39 is 55.7 Å². The molecule has 2 heterocycles. The standard InChI is InChI=1S/C11H10BrF3O6S/c1-10-2-4-6(8(12)9(16)20-4)7(10)5(3-19-10)21-22(17,18)11(13,14)15/h3-4,6-8H,2H2,1H3/t4-,6-,7-,8-,10+/m1/s1. The van der Waals surface area contributed by atoms with E-state index in [4.69, 9.17) is 9.47 Å². The van der Waals surface area contributed by atoms with Crippen molar-refractivity contribution in [2.45, 2.75) is 35.4 Å². The van der Waals surface area contributed by atoms with Crippen LogP contribution in [0.25, 0.3) is 0 Å². The summed E-state index contributed by atoms with van der Waals surface area (Å²) in [5, 5.41) is 0. The Morgan fingerprint density at radius 3 is 2.68 bits per heavy atom. The van der Waals surface area contributed by atoms with Gasteiger partial charge in [0.1, 0.15) is 22.8 Å². The van der Waals surface area contributed by atoms with Crippen LogP contribution < -0.4 is 0 Å². The maximum absolute atomic E-state index is 12.5. The van der Waals surface area contributed by atoms with Crippen molar-refractivity contribution in [3.8, 4) is 0 Å². The molecule has 2 fully saturated rings. The van der Waals surface area contributed by atoms with E-state index in [-0.39, 0.29) is 6.42 Å². The van der Waals surface area contributed by atoms with Crippen LogP contribution in [0.1, 0.15) is 13.3 Å². The SMILES string of the molecule is C[C@]12C[C@H]3OC(=O)[C@H](Br)[C@H]3[C@H]1C(OS(=O)(=O)C(F)(F)F)=CO2. The van der Waals surface area contributed by atoms with Crippen LogP contribution in [0.15, 0.2) is 12.0 Å². The Morgan fingerprint density at radius 1 is 1.45 bits per heavy atom. The number of hydrogen-bond acceptors (Lipinski definition) is 6. The maximum atomic E-state index is 12.5. The minimum atomic E-state index is -5.80. The molecule has 0 aromatic heterocycles. The first kappa shape index (κ1) is 15.9. The first-order valence-corrected chi connectivity index (χ1v) is 8.52. The molecule has 6 nitrogen and oxygen atoms in total. The van der Waals surface area contributed by atoms with E-state index in [0.29, 0.717) is 0 Å². The molecule has 11 heteroatoms. The molecule has 0 N–H and O–H groups in total. The number of fused-ring (bicyclic) bond motifs is 3. The van der Waals surface area contributed by atoms with Gasteiger partial charge in [0.15, 0.2) is 5.76 Å². The molecule has 2 aliphatic heterocycles. The molecule has 1 saturated heterocycles. The summed E-state index contributed by atoms with van der Waals surface area (Å²) in [6.45, 7) is 1.61. The average Bonchev–Trinajstić information content (AvgIpc) is 2.88. The topological polar surface area (TPSA) is 78.9 Å². The minimum absolute atomic E-state index is 0.242. The molecule has 0 aromatic rings. The Balaban J connectivity index is 1.91. The van der Waals surface area contributed by atoms with Crippen molar-refractivity contribution in [1.29, 1.82) is 0 Å². The van der Waals surface area contributed by atoms with E-state index in [1.54, 1.807) is 6.92 Å². The summed E-state index contributed by atoms with van der Waals surface area (Å²) in [6, 6.07) is 0. The van der Waals surface area contributed by atoms with Gasteiger partial charge in [0.2, 0.25) is 0 Å². The molecule has 1 aliphatic carbocycles. The molecule has 0 spiro atoms. The molecule has 5 atom stereocenters. The number of ether oxygens (including phenoxy) is 2. The minimum Gasteiger partial charge on any atom is -0.491 e. The number of alkyl halides is 4. The second kappa shape index (κ2) is 4.53. The Bertz CT molecular complexity index is 659. The summed E-state index contributed by atoms with van der Waals surface area (Å²) in [4.78, 5) is 10.8. The number of halogens is 4. The predicted molar refractivity (Wildman–Crippen MR) is 67.8 cm³/mol. The van der Waals surface area contributed by atoms with Crippen molar-refractivity contribution < 1.29 is 40.0 Å². The third-order valence-electron chi connectivity index (χ3n) is 4.15. The van der Waals surface area contributed by atoms with Crippen molar-refractivity contribution in [3.63, 3.8) is 0 Å². The highest BCUT2D eigenvalue weighted by Crippen LogP contribution is 2.57. The largest absolute Gasteiger partial charge is 0.534 e. The van der Waals surface area contributed by atoms with Gasteiger partial charge in [0, 0.05) is 12.3 Å². The van der Waals surface area contributed by atoms with Gasteiger partial charge in [-0.05, 0) is 6.92 Å². The second-order valence-corrected chi connectivity index (χ2v) is 8.09. The van der Waals surface area contributed by atoms with Crippen LogP contribution in [-0.2, 0) is 28.6 Å². The smallest absolute Gasteiger partial charge is 0.491 e. The van der Waals surface area contributed by atoms with E-state index in [0.717, 1.165) is 6.26 Å². The van der Waals surface area contributed by atoms with Crippen molar-refractivity contribution in [3.05, 3.63) is 12.0 Å². The number of carbonyl (C=O) groups is 1. The van der Waals surface area contributed by atoms with Gasteiger partial charge in [-0.3, -0.25) is 4.79 Å². The Kier molecular flexibility index (Phi) is 3.27. The van der Waals surface area contributed by atoms with Crippen LogP contribution in [0.3, 0.4) is 0 Å². The monoisotopic (exact) mass is 406 g/mol. The second-order valence-electron chi connectivity index (χ2n) is 5.57. The van der Waals surface area contributed by atoms with Crippen LogP contribution in [0.5, 0.6) is 0 Å². The van der Waals surface area contributed by atoms with Gasteiger partial charge in [0.05, 0.1) is 5.92 Å². The summed E-state index contributed by atoms with van der Waals surface area (Å²) < 4.78 is 74.4. The average molecular weight is 407 g/mol. The van der Waals surface area contributed by atoms with E-state index in [1.165, 1.54) is 0 Å². The van der Waals surface area contributed by atoms with Gasteiger partial charge < -0.3 is 13.7 Å². The van der Waals surface area contributed by atoms with E-state index in [9.17, 15) is 26.4 Å². The van der Waals surface area contributed by atoms with E-state index in [1.807, 2.05) is 0 Å². The van der Waals surface area contributed by atoms with Crippen molar-refractivity contribution in [2.75, 3.05) is 0 Å². The Hall–Kier alpha value is -0.970. The molecular formula is C11H10BrF3O6S. The molecule has 0 amide bonds. The molecule has 0 bridgehead atoms. The normalized spacial score (nSPS) is 40.6. The zero-order valence-corrected chi connectivity index (χ0v) is 13.4. The Morgan fingerprint density at radius 2 is 2.09 bits per heavy atom. The lowest BCUT2D eigenvalue weighted by Gasteiger charge is -2.27. The zero-order valence-electron chi connectivity index (χ0n) is 11.0. The maximum Gasteiger partial charge on any atom is 0.534 e. The summed E-state index contributed by atoms with van der Waals surface area (Å²) in [6.07, 6.45) is 0.547. The molecule has 0 unspecified atom stereocenters. The van der Waals surface area contributed by atoms with Gasteiger partial charge in [-0.15, -0.1) is 0 Å². The number of carbonyl (C=O) groups excluding carboxylic acids is 1. The fourth-order valence-electron chi connectivity index (χ4n) is 3.26. The zero-order chi connectivity index (χ0) is 16.5. The van der Waals surface area contributed by atoms with Gasteiger partial charge in [0.25, 0.3) is 0 Å². The van der Waals surface area contributed by atoms with Gasteiger partial charge in [-0.1, -0.05) is 15.9 Å². The Labute approximate surface area is 131 Å². The summed E-state index contributed by atoms with van der Waals surface area (Å²) in [5.74, 6) is -2.39. The number of hydrogen-bond donors (Lipinski definition) is 0. The van der Waals surface area contributed by atoms with Crippen molar-refractivity contribution in [1.82, 2.24) is 0 Å². The molecular weight excluding hydrogens is 397 g/mol. The predicted octanol–water partition coefficient (Wildman–Crippen LogP) is 1.81. The third-order valence-corrected chi connectivity index (χ3v) is 6.11. The fourth-order valence-corrected chi connectivity index (χ4v) is 4.50. The van der Waals surface area contributed by atoms with E-state index in [2.05, 4.69) is 20.1 Å². The number of esters is 1. The van der Waals surface area contributed by atoms with Crippen LogP contribution in [-0.4, -0.2) is 36.4 Å². The van der Waals surface area contributed by atoms with Crippen LogP contribution >= 0.6 is 15.9 Å². The fraction of sp³-hybridized carbons (Fsp3) is 0.727. The van der Waals surface area contributed by atoms with Gasteiger partial charge >= 0.3 is 21.6 Å². The first-order chi connectivity index (χ1) is 9.96. The summed E-state index contributed by atoms with van der Waals surface area (Å²) in [7, 11) is -5.80. The van der Waals surface area contributed by atoms with Crippen molar-refractivity contribution in [2.24, 2.45) is 11.8 Å². The highest BCUT2D eigenvalue weighted by Gasteiger charge is 2.66. The lowest BCUT2D eigenvalue weighted by Crippen LogP contribution is -2.36. The first-order valence-electron chi connectivity index (χ1n) is 6.19. The molecule has 3 aliphatic rings. The third kappa shape index (κ3) is 2.12. The highest BCUT2D eigenvalue weighted by molar-refractivity contribution is 9.10. The van der Waals surface area contributed by atoms with Gasteiger partial charge in [-0.2, -0.15) is 21.6 Å². The van der Waals surface area contributed by atoms with E-state index >= 15 is 0 Å². The molecule has 0 radical (unpaired) electrons. The molecule has 124 valence electrons. The molecule has 0 aromatic carbocycles. The summed E-state index contributed by atoms with van der Waals surface area (Å²) in [5.41, 5.74) is -6.51. The molecule has 22 heavy (non-hydrogen) atoms. The van der Waals surface area contributed by atoms with Crippen LogP contribution in [0.4, 0.5) is 13.2 Å². The van der Waals surface area contributed by atoms with Gasteiger partial charge in [-0.25, -0.2) is 0 Å². The summed E-state index contributed by atoms with van der Waals surface area (Å²) >= 11 is 3.13. The lowest BCUT2D eigenvalue weighted by atomic mass is 9.85. The molecule has 1 saturated carbocycles. The molecule has 3 rings (SSSR count). The van der Waals surface area contributed by atoms with Crippen LogP contribution in [0, 0.1) is 11.8 Å².